The molecule has 0 radical (unpaired) electrons. The molecule has 0 bridgehead atoms. The molecule has 1 aliphatic rings. The van der Waals surface area contributed by atoms with Crippen LogP contribution >= 0.6 is 0 Å². The second kappa shape index (κ2) is 11.3. The lowest BCUT2D eigenvalue weighted by Gasteiger charge is -2.37. The maximum atomic E-state index is 5.80. The Morgan fingerprint density at radius 2 is 1.79 bits per heavy atom. The minimum atomic E-state index is 0.665. The lowest BCUT2D eigenvalue weighted by Crippen LogP contribution is -2.52. The fraction of sp³-hybridized carbons (Fsp3) is 0.435. The monoisotopic (exact) mass is 396 g/mol. The van der Waals surface area contributed by atoms with Crippen molar-refractivity contribution in [1.82, 2.24) is 10.2 Å². The molecule has 0 aliphatic carbocycles. The molecule has 6 nitrogen and oxygen atoms in total. The summed E-state index contributed by atoms with van der Waals surface area (Å²) in [7, 11) is 3.56. The Morgan fingerprint density at radius 1 is 1.00 bits per heavy atom. The van der Waals surface area contributed by atoms with Gasteiger partial charge in [0.25, 0.3) is 0 Å². The summed E-state index contributed by atoms with van der Waals surface area (Å²) < 4.78 is 10.9. The third-order valence-corrected chi connectivity index (χ3v) is 5.02. The van der Waals surface area contributed by atoms with E-state index < -0.39 is 0 Å². The molecule has 0 amide bonds. The van der Waals surface area contributed by atoms with Crippen LogP contribution in [-0.4, -0.2) is 64.4 Å². The number of anilines is 1. The molecule has 3 rings (SSSR count). The molecule has 29 heavy (non-hydrogen) atoms. The normalized spacial score (nSPS) is 14.8. The minimum absolute atomic E-state index is 0.665. The number of methoxy groups -OCH3 is 1. The van der Waals surface area contributed by atoms with E-state index in [1.54, 1.807) is 7.11 Å². The quantitative estimate of drug-likeness (QED) is 0.422. The van der Waals surface area contributed by atoms with Crippen molar-refractivity contribution in [3.8, 4) is 5.75 Å². The first-order chi connectivity index (χ1) is 14.3. The first-order valence-electron chi connectivity index (χ1n) is 10.3. The molecule has 0 unspecified atom stereocenters. The summed E-state index contributed by atoms with van der Waals surface area (Å²) in [5.41, 5.74) is 2.47. The van der Waals surface area contributed by atoms with Crippen LogP contribution in [0.15, 0.2) is 59.6 Å². The Bertz CT molecular complexity index is 758. The van der Waals surface area contributed by atoms with Gasteiger partial charge in [0.2, 0.25) is 0 Å². The van der Waals surface area contributed by atoms with Gasteiger partial charge in [-0.05, 0) is 29.8 Å². The van der Waals surface area contributed by atoms with Crippen LogP contribution < -0.4 is 15.0 Å². The summed E-state index contributed by atoms with van der Waals surface area (Å²) in [5, 5.41) is 3.50. The van der Waals surface area contributed by atoms with Crippen molar-refractivity contribution in [2.75, 3.05) is 58.5 Å². The van der Waals surface area contributed by atoms with Gasteiger partial charge in [0.15, 0.2) is 5.96 Å². The maximum Gasteiger partial charge on any atom is 0.194 e. The molecule has 0 atom stereocenters. The average Bonchev–Trinajstić information content (AvgIpc) is 2.78. The van der Waals surface area contributed by atoms with Crippen molar-refractivity contribution in [3.63, 3.8) is 0 Å². The number of aliphatic imine (C=N–C) groups is 1. The molecule has 1 N–H and O–H groups in total. The summed E-state index contributed by atoms with van der Waals surface area (Å²) in [5.74, 6) is 1.84. The number of para-hydroxylation sites is 1. The Kier molecular flexibility index (Phi) is 8.19. The van der Waals surface area contributed by atoms with Gasteiger partial charge in [-0.3, -0.25) is 4.99 Å². The molecule has 1 fully saturated rings. The summed E-state index contributed by atoms with van der Waals surface area (Å²) in [4.78, 5) is 9.23. The highest BCUT2D eigenvalue weighted by atomic mass is 16.5. The second-order valence-corrected chi connectivity index (χ2v) is 7.05. The zero-order chi connectivity index (χ0) is 20.3. The third kappa shape index (κ3) is 6.39. The largest absolute Gasteiger partial charge is 0.493 e. The first-order valence-corrected chi connectivity index (χ1v) is 10.3. The number of piperazine rings is 1. The highest BCUT2D eigenvalue weighted by Gasteiger charge is 2.19. The molecule has 156 valence electrons. The van der Waals surface area contributed by atoms with Crippen molar-refractivity contribution in [3.05, 3.63) is 60.2 Å². The summed E-state index contributed by atoms with van der Waals surface area (Å²) in [6.07, 6.45) is 0.889. The molecule has 6 heteroatoms. The molecular formula is C23H32N4O2. The van der Waals surface area contributed by atoms with Crippen LogP contribution in [0.3, 0.4) is 0 Å². The highest BCUT2D eigenvalue weighted by Crippen LogP contribution is 2.16. The van der Waals surface area contributed by atoms with E-state index in [0.29, 0.717) is 6.61 Å². The van der Waals surface area contributed by atoms with Gasteiger partial charge in [-0.2, -0.15) is 0 Å². The summed E-state index contributed by atoms with van der Waals surface area (Å²) in [6.45, 7) is 6.01. The van der Waals surface area contributed by atoms with Crippen LogP contribution in [0.25, 0.3) is 0 Å². The van der Waals surface area contributed by atoms with E-state index >= 15 is 0 Å². The minimum Gasteiger partial charge on any atom is -0.493 e. The van der Waals surface area contributed by atoms with E-state index in [1.807, 2.05) is 19.2 Å². The maximum absolute atomic E-state index is 5.80. The smallest absolute Gasteiger partial charge is 0.194 e. The van der Waals surface area contributed by atoms with E-state index in [9.17, 15) is 0 Å². The van der Waals surface area contributed by atoms with Gasteiger partial charge in [0, 0.05) is 65.6 Å². The predicted molar refractivity (Wildman–Crippen MR) is 119 cm³/mol. The van der Waals surface area contributed by atoms with Crippen LogP contribution in [0, 0.1) is 0 Å². The fourth-order valence-corrected chi connectivity index (χ4v) is 3.47. The molecule has 0 saturated carbocycles. The van der Waals surface area contributed by atoms with Crippen LogP contribution in [0.4, 0.5) is 5.69 Å². The number of hydrogen-bond acceptors (Lipinski definition) is 4. The number of rotatable bonds is 8. The molecule has 0 aromatic heterocycles. The molecular weight excluding hydrogens is 364 g/mol. The van der Waals surface area contributed by atoms with Gasteiger partial charge in [-0.25, -0.2) is 0 Å². The third-order valence-electron chi connectivity index (χ3n) is 5.02. The molecule has 2 aromatic carbocycles. The topological polar surface area (TPSA) is 49.3 Å². The van der Waals surface area contributed by atoms with Crippen LogP contribution in [0.1, 0.15) is 12.0 Å². The van der Waals surface area contributed by atoms with E-state index in [1.165, 1.54) is 11.3 Å². The predicted octanol–water partition coefficient (Wildman–Crippen LogP) is 3.00. The SMILES string of the molecule is CN=C(NCc1cccc(OCCCOC)c1)N1CCN(c2ccccc2)CC1. The van der Waals surface area contributed by atoms with Crippen LogP contribution in [0.5, 0.6) is 5.75 Å². The van der Waals surface area contributed by atoms with Crippen molar-refractivity contribution < 1.29 is 9.47 Å². The van der Waals surface area contributed by atoms with Gasteiger partial charge < -0.3 is 24.6 Å². The molecule has 0 spiro atoms. The van der Waals surface area contributed by atoms with Gasteiger partial charge in [0.1, 0.15) is 5.75 Å². The summed E-state index contributed by atoms with van der Waals surface area (Å²) >= 11 is 0. The lowest BCUT2D eigenvalue weighted by atomic mass is 10.2. The van der Waals surface area contributed by atoms with Crippen molar-refractivity contribution >= 4 is 11.6 Å². The Hall–Kier alpha value is -2.73. The molecule has 1 saturated heterocycles. The van der Waals surface area contributed by atoms with Gasteiger partial charge in [-0.1, -0.05) is 30.3 Å². The summed E-state index contributed by atoms with van der Waals surface area (Å²) in [6, 6.07) is 18.8. The van der Waals surface area contributed by atoms with Crippen molar-refractivity contribution in [2.45, 2.75) is 13.0 Å². The lowest BCUT2D eigenvalue weighted by molar-refractivity contribution is 0.172. The number of nitrogens with zero attached hydrogens (tertiary/aromatic N) is 3. The van der Waals surface area contributed by atoms with Crippen molar-refractivity contribution in [1.29, 1.82) is 0 Å². The Labute approximate surface area is 174 Å². The second-order valence-electron chi connectivity index (χ2n) is 7.05. The molecule has 1 heterocycles. The number of hydrogen-bond donors (Lipinski definition) is 1. The average molecular weight is 397 g/mol. The van der Waals surface area contributed by atoms with Gasteiger partial charge in [-0.15, -0.1) is 0 Å². The zero-order valence-electron chi connectivity index (χ0n) is 17.5. The Balaban J connectivity index is 1.47. The van der Waals surface area contributed by atoms with Gasteiger partial charge in [0.05, 0.1) is 6.61 Å². The number of ether oxygens (including phenoxy) is 2. The number of benzene rings is 2. The molecule has 2 aromatic rings. The fourth-order valence-electron chi connectivity index (χ4n) is 3.47. The first kappa shape index (κ1) is 21.0. The van der Waals surface area contributed by atoms with Gasteiger partial charge >= 0.3 is 0 Å². The van der Waals surface area contributed by atoms with E-state index in [0.717, 1.165) is 57.5 Å². The van der Waals surface area contributed by atoms with Crippen LogP contribution in [-0.2, 0) is 11.3 Å². The standard InChI is InChI=1S/C23H32N4O2/c1-24-23(27-14-12-26(13-15-27)21-9-4-3-5-10-21)25-19-20-8-6-11-22(18-20)29-17-7-16-28-2/h3-6,8-11,18H,7,12-17,19H2,1-2H3,(H,24,25). The van der Waals surface area contributed by atoms with E-state index in [-0.39, 0.29) is 0 Å². The zero-order valence-corrected chi connectivity index (χ0v) is 17.5. The Morgan fingerprint density at radius 3 is 2.52 bits per heavy atom. The van der Waals surface area contributed by atoms with E-state index in [2.05, 4.69) is 62.6 Å². The molecule has 1 aliphatic heterocycles. The van der Waals surface area contributed by atoms with Crippen LogP contribution in [0.2, 0.25) is 0 Å². The highest BCUT2D eigenvalue weighted by molar-refractivity contribution is 5.80. The van der Waals surface area contributed by atoms with E-state index in [4.69, 9.17) is 9.47 Å². The van der Waals surface area contributed by atoms with Crippen molar-refractivity contribution in [2.24, 2.45) is 4.99 Å². The number of guanidine groups is 1. The number of nitrogens with one attached hydrogen (secondary N) is 1.